The zero-order valence-corrected chi connectivity index (χ0v) is 13.0. The number of hydrogen-bond donors (Lipinski definition) is 1. The minimum Gasteiger partial charge on any atom is -0.494 e. The summed E-state index contributed by atoms with van der Waals surface area (Å²) in [5.41, 5.74) is 3.67. The Hall–Kier alpha value is -1.84. The summed E-state index contributed by atoms with van der Waals surface area (Å²) in [6.07, 6.45) is 1.44. The molecule has 0 spiro atoms. The Balaban J connectivity index is 1.74. The van der Waals surface area contributed by atoms with E-state index in [1.807, 2.05) is 19.1 Å². The quantitative estimate of drug-likeness (QED) is 0.883. The SMILES string of the molecule is CCOc1ccc(-c2ccccc2CO[C@H]2CCNC2)cc1. The van der Waals surface area contributed by atoms with Crippen molar-refractivity contribution in [2.24, 2.45) is 0 Å². The minimum atomic E-state index is 0.341. The van der Waals surface area contributed by atoms with Crippen LogP contribution >= 0.6 is 0 Å². The molecular formula is C19H23NO2. The molecular weight excluding hydrogens is 274 g/mol. The van der Waals surface area contributed by atoms with Gasteiger partial charge in [0.2, 0.25) is 0 Å². The molecule has 0 radical (unpaired) electrons. The molecule has 0 saturated carbocycles. The van der Waals surface area contributed by atoms with E-state index < -0.39 is 0 Å². The first-order valence-electron chi connectivity index (χ1n) is 8.00. The van der Waals surface area contributed by atoms with Crippen molar-refractivity contribution in [1.29, 1.82) is 0 Å². The monoisotopic (exact) mass is 297 g/mol. The largest absolute Gasteiger partial charge is 0.494 e. The predicted octanol–water partition coefficient (Wildman–Crippen LogP) is 3.63. The van der Waals surface area contributed by atoms with Crippen LogP contribution < -0.4 is 10.1 Å². The second-order valence-corrected chi connectivity index (χ2v) is 5.54. The molecule has 1 aliphatic rings. The van der Waals surface area contributed by atoms with Crippen molar-refractivity contribution >= 4 is 0 Å². The summed E-state index contributed by atoms with van der Waals surface area (Å²) in [7, 11) is 0. The summed E-state index contributed by atoms with van der Waals surface area (Å²) < 4.78 is 11.5. The van der Waals surface area contributed by atoms with E-state index in [4.69, 9.17) is 9.47 Å². The number of benzene rings is 2. The second-order valence-electron chi connectivity index (χ2n) is 5.54. The fourth-order valence-electron chi connectivity index (χ4n) is 2.80. The Morgan fingerprint density at radius 2 is 1.91 bits per heavy atom. The maximum Gasteiger partial charge on any atom is 0.119 e. The highest BCUT2D eigenvalue weighted by Crippen LogP contribution is 2.26. The molecule has 0 aromatic heterocycles. The van der Waals surface area contributed by atoms with Crippen LogP contribution in [-0.2, 0) is 11.3 Å². The van der Waals surface area contributed by atoms with Crippen LogP contribution in [0.3, 0.4) is 0 Å². The maximum absolute atomic E-state index is 6.03. The van der Waals surface area contributed by atoms with Gasteiger partial charge >= 0.3 is 0 Å². The van der Waals surface area contributed by atoms with Crippen LogP contribution in [0, 0.1) is 0 Å². The Kier molecular flexibility index (Phi) is 5.09. The molecule has 0 amide bonds. The van der Waals surface area contributed by atoms with Gasteiger partial charge in [-0.1, -0.05) is 36.4 Å². The minimum absolute atomic E-state index is 0.341. The van der Waals surface area contributed by atoms with Crippen LogP contribution in [0.2, 0.25) is 0 Å². The van der Waals surface area contributed by atoms with Gasteiger partial charge in [-0.25, -0.2) is 0 Å². The molecule has 22 heavy (non-hydrogen) atoms. The molecule has 2 aromatic rings. The first kappa shape index (κ1) is 15.1. The van der Waals surface area contributed by atoms with E-state index >= 15 is 0 Å². The molecule has 1 saturated heterocycles. The molecule has 3 rings (SSSR count). The van der Waals surface area contributed by atoms with Crippen molar-refractivity contribution in [3.8, 4) is 16.9 Å². The van der Waals surface area contributed by atoms with Gasteiger partial charge in [0, 0.05) is 6.54 Å². The van der Waals surface area contributed by atoms with Crippen molar-refractivity contribution < 1.29 is 9.47 Å². The van der Waals surface area contributed by atoms with Crippen LogP contribution in [0.5, 0.6) is 5.75 Å². The number of rotatable bonds is 6. The van der Waals surface area contributed by atoms with Gasteiger partial charge in [0.1, 0.15) is 5.75 Å². The van der Waals surface area contributed by atoms with Crippen molar-refractivity contribution in [2.45, 2.75) is 26.1 Å². The maximum atomic E-state index is 6.03. The highest BCUT2D eigenvalue weighted by molar-refractivity contribution is 5.67. The lowest BCUT2D eigenvalue weighted by molar-refractivity contribution is 0.0545. The van der Waals surface area contributed by atoms with Crippen LogP contribution in [0.25, 0.3) is 11.1 Å². The van der Waals surface area contributed by atoms with Crippen molar-refractivity contribution in [1.82, 2.24) is 5.32 Å². The molecule has 1 aliphatic heterocycles. The molecule has 3 heteroatoms. The fraction of sp³-hybridized carbons (Fsp3) is 0.368. The van der Waals surface area contributed by atoms with Crippen LogP contribution in [0.15, 0.2) is 48.5 Å². The van der Waals surface area contributed by atoms with E-state index in [2.05, 4.69) is 41.7 Å². The normalized spacial score (nSPS) is 17.6. The lowest BCUT2D eigenvalue weighted by atomic mass is 10.00. The number of nitrogens with one attached hydrogen (secondary N) is 1. The standard InChI is InChI=1S/C19H23NO2/c1-2-21-17-9-7-15(8-10-17)19-6-4-3-5-16(19)14-22-18-11-12-20-13-18/h3-10,18,20H,2,11-14H2,1H3/t18-/m0/s1. The zero-order chi connectivity index (χ0) is 15.2. The summed E-state index contributed by atoms with van der Waals surface area (Å²) in [4.78, 5) is 0. The third-order valence-electron chi connectivity index (χ3n) is 3.98. The molecule has 116 valence electrons. The van der Waals surface area contributed by atoms with Gasteiger partial charge in [-0.15, -0.1) is 0 Å². The topological polar surface area (TPSA) is 30.5 Å². The van der Waals surface area contributed by atoms with E-state index in [9.17, 15) is 0 Å². The van der Waals surface area contributed by atoms with E-state index in [0.717, 1.165) is 25.3 Å². The average molecular weight is 297 g/mol. The number of hydrogen-bond acceptors (Lipinski definition) is 3. The molecule has 0 unspecified atom stereocenters. The third kappa shape index (κ3) is 3.67. The molecule has 2 aromatic carbocycles. The van der Waals surface area contributed by atoms with Crippen LogP contribution in [-0.4, -0.2) is 25.8 Å². The summed E-state index contributed by atoms with van der Waals surface area (Å²) in [6.45, 7) is 5.38. The summed E-state index contributed by atoms with van der Waals surface area (Å²) in [5, 5.41) is 3.33. The molecule has 1 heterocycles. The number of ether oxygens (including phenoxy) is 2. The Morgan fingerprint density at radius 3 is 2.64 bits per heavy atom. The lowest BCUT2D eigenvalue weighted by Crippen LogP contribution is -2.16. The average Bonchev–Trinajstić information content (AvgIpc) is 3.08. The Bertz CT molecular complexity index is 589. The van der Waals surface area contributed by atoms with Gasteiger partial charge in [-0.05, 0) is 48.7 Å². The first-order chi connectivity index (χ1) is 10.9. The molecule has 1 atom stereocenters. The smallest absolute Gasteiger partial charge is 0.119 e. The van der Waals surface area contributed by atoms with Gasteiger partial charge in [0.15, 0.2) is 0 Å². The van der Waals surface area contributed by atoms with E-state index in [-0.39, 0.29) is 0 Å². The van der Waals surface area contributed by atoms with E-state index in [1.165, 1.54) is 16.7 Å². The van der Waals surface area contributed by atoms with Gasteiger partial charge in [-0.3, -0.25) is 0 Å². The molecule has 1 fully saturated rings. The van der Waals surface area contributed by atoms with E-state index in [0.29, 0.717) is 19.3 Å². The van der Waals surface area contributed by atoms with Crippen molar-refractivity contribution in [3.63, 3.8) is 0 Å². The predicted molar refractivity (Wildman–Crippen MR) is 89.1 cm³/mol. The van der Waals surface area contributed by atoms with E-state index in [1.54, 1.807) is 0 Å². The summed E-state index contributed by atoms with van der Waals surface area (Å²) >= 11 is 0. The van der Waals surface area contributed by atoms with Gasteiger partial charge < -0.3 is 14.8 Å². The van der Waals surface area contributed by atoms with Gasteiger partial charge in [0.05, 0.1) is 19.3 Å². The fourth-order valence-corrected chi connectivity index (χ4v) is 2.80. The van der Waals surface area contributed by atoms with Gasteiger partial charge in [-0.2, -0.15) is 0 Å². The second kappa shape index (κ2) is 7.43. The Morgan fingerprint density at radius 1 is 1.09 bits per heavy atom. The molecule has 1 N–H and O–H groups in total. The molecule has 3 nitrogen and oxygen atoms in total. The van der Waals surface area contributed by atoms with Gasteiger partial charge in [0.25, 0.3) is 0 Å². The van der Waals surface area contributed by atoms with Crippen LogP contribution in [0.1, 0.15) is 18.9 Å². The van der Waals surface area contributed by atoms with Crippen LogP contribution in [0.4, 0.5) is 0 Å². The summed E-state index contributed by atoms with van der Waals surface area (Å²) in [5.74, 6) is 0.914. The molecule has 0 aliphatic carbocycles. The third-order valence-corrected chi connectivity index (χ3v) is 3.98. The molecule has 0 bridgehead atoms. The van der Waals surface area contributed by atoms with Crippen molar-refractivity contribution in [2.75, 3.05) is 19.7 Å². The highest BCUT2D eigenvalue weighted by atomic mass is 16.5. The lowest BCUT2D eigenvalue weighted by Gasteiger charge is -2.14. The highest BCUT2D eigenvalue weighted by Gasteiger charge is 2.15. The van der Waals surface area contributed by atoms with Crippen molar-refractivity contribution in [3.05, 3.63) is 54.1 Å². The Labute approximate surface area is 132 Å². The first-order valence-corrected chi connectivity index (χ1v) is 8.00. The summed E-state index contributed by atoms with van der Waals surface area (Å²) in [6, 6.07) is 16.7. The zero-order valence-electron chi connectivity index (χ0n) is 13.0.